The molecule has 3 aromatic rings. The van der Waals surface area contributed by atoms with Gasteiger partial charge in [-0.1, -0.05) is 55.9 Å². The fraction of sp³-hybridized carbons (Fsp3) is 0.296. The number of ketones is 1. The molecule has 35 heavy (non-hydrogen) atoms. The molecule has 0 fully saturated rings. The molecule has 0 saturated heterocycles. The highest BCUT2D eigenvalue weighted by atomic mass is 32.2. The monoisotopic (exact) mass is 491 g/mol. The molecule has 180 valence electrons. The van der Waals surface area contributed by atoms with Gasteiger partial charge in [0, 0.05) is 29.0 Å². The predicted octanol–water partition coefficient (Wildman–Crippen LogP) is 5.41. The number of Topliss-reactive ketones (excluding diaryl/α,β-unsaturated/α-hetero) is 1. The number of aromatic amines is 1. The minimum Gasteiger partial charge on any atom is -0.496 e. The van der Waals surface area contributed by atoms with Crippen LogP contribution in [-0.2, 0) is 10.5 Å². The second-order valence-electron chi connectivity index (χ2n) is 9.69. The van der Waals surface area contributed by atoms with Crippen molar-refractivity contribution in [1.82, 2.24) is 9.97 Å². The number of anilines is 1. The Morgan fingerprint density at radius 3 is 2.71 bits per heavy atom. The van der Waals surface area contributed by atoms with Gasteiger partial charge in [-0.25, -0.2) is 9.37 Å². The van der Waals surface area contributed by atoms with Crippen LogP contribution in [0.25, 0.3) is 0 Å². The molecule has 2 heterocycles. The maximum absolute atomic E-state index is 13.6. The van der Waals surface area contributed by atoms with Gasteiger partial charge in [0.1, 0.15) is 17.4 Å². The highest BCUT2D eigenvalue weighted by Gasteiger charge is 2.43. The maximum Gasteiger partial charge on any atom is 0.257 e. The lowest BCUT2D eigenvalue weighted by Gasteiger charge is -2.38. The smallest absolute Gasteiger partial charge is 0.257 e. The van der Waals surface area contributed by atoms with E-state index in [1.54, 1.807) is 13.2 Å². The second-order valence-corrected chi connectivity index (χ2v) is 10.6. The van der Waals surface area contributed by atoms with E-state index in [4.69, 9.17) is 9.72 Å². The van der Waals surface area contributed by atoms with Crippen LogP contribution >= 0.6 is 11.8 Å². The van der Waals surface area contributed by atoms with Crippen LogP contribution in [0.3, 0.4) is 0 Å². The number of thioether (sulfide) groups is 1. The van der Waals surface area contributed by atoms with Gasteiger partial charge in [-0.3, -0.25) is 9.59 Å². The number of fused-ring (bicyclic) bond motifs is 1. The normalized spacial score (nSPS) is 18.5. The van der Waals surface area contributed by atoms with Crippen molar-refractivity contribution in [3.05, 3.63) is 92.7 Å². The summed E-state index contributed by atoms with van der Waals surface area (Å²) in [4.78, 5) is 34.4. The zero-order valence-corrected chi connectivity index (χ0v) is 20.6. The van der Waals surface area contributed by atoms with Crippen molar-refractivity contribution in [2.24, 2.45) is 5.41 Å². The van der Waals surface area contributed by atoms with E-state index in [9.17, 15) is 14.0 Å². The first-order valence-corrected chi connectivity index (χ1v) is 12.4. The summed E-state index contributed by atoms with van der Waals surface area (Å²) >= 11 is 1.32. The molecule has 5 rings (SSSR count). The summed E-state index contributed by atoms with van der Waals surface area (Å²) < 4.78 is 19.2. The van der Waals surface area contributed by atoms with E-state index in [0.29, 0.717) is 46.5 Å². The molecular weight excluding hydrogens is 465 g/mol. The van der Waals surface area contributed by atoms with Crippen molar-refractivity contribution in [2.75, 3.05) is 12.4 Å². The van der Waals surface area contributed by atoms with Gasteiger partial charge >= 0.3 is 0 Å². The minimum atomic E-state index is -0.584. The Morgan fingerprint density at radius 2 is 1.94 bits per heavy atom. The number of nitrogens with one attached hydrogen (secondary N) is 2. The van der Waals surface area contributed by atoms with Gasteiger partial charge in [-0.15, -0.1) is 0 Å². The van der Waals surface area contributed by atoms with Crippen LogP contribution in [0, 0.1) is 11.2 Å². The first-order chi connectivity index (χ1) is 16.8. The Morgan fingerprint density at radius 1 is 1.14 bits per heavy atom. The number of allylic oxidation sites excluding steroid dienone is 2. The number of hydrogen-bond donors (Lipinski definition) is 2. The number of aromatic nitrogens is 2. The zero-order chi connectivity index (χ0) is 24.7. The molecule has 8 heteroatoms. The molecule has 2 aliphatic rings. The van der Waals surface area contributed by atoms with Crippen LogP contribution < -0.4 is 15.6 Å². The second kappa shape index (κ2) is 9.00. The number of halogens is 1. The molecule has 1 unspecified atom stereocenters. The van der Waals surface area contributed by atoms with E-state index in [1.807, 2.05) is 30.3 Å². The molecule has 2 aromatic carbocycles. The van der Waals surface area contributed by atoms with Crippen LogP contribution in [0.15, 0.2) is 69.8 Å². The summed E-state index contributed by atoms with van der Waals surface area (Å²) in [5.41, 5.74) is 2.83. The van der Waals surface area contributed by atoms with Gasteiger partial charge in [0.15, 0.2) is 10.9 Å². The van der Waals surface area contributed by atoms with Gasteiger partial charge in [-0.05, 0) is 35.6 Å². The Kier molecular flexibility index (Phi) is 6.01. The van der Waals surface area contributed by atoms with Crippen LogP contribution in [0.4, 0.5) is 10.2 Å². The quantitative estimate of drug-likeness (QED) is 0.367. The first-order valence-electron chi connectivity index (χ1n) is 11.4. The number of carbonyl (C=O) groups excluding carboxylic acids is 1. The molecule has 1 aromatic heterocycles. The summed E-state index contributed by atoms with van der Waals surface area (Å²) in [6.07, 6.45) is 1.07. The van der Waals surface area contributed by atoms with Crippen LogP contribution in [0.2, 0.25) is 0 Å². The molecular formula is C27H26FN3O3S. The SMILES string of the molecule is COc1ccccc1C1C2=C(CC(C)(C)CC2=O)Nc2nc(SCc3cccc(F)c3)[nH]c(=O)c21. The Bertz CT molecular complexity index is 1410. The van der Waals surface area contributed by atoms with Crippen molar-refractivity contribution >= 4 is 23.4 Å². The molecule has 1 aliphatic heterocycles. The van der Waals surface area contributed by atoms with Gasteiger partial charge in [0.25, 0.3) is 5.56 Å². The third-order valence-electron chi connectivity index (χ3n) is 6.41. The lowest BCUT2D eigenvalue weighted by Crippen LogP contribution is -2.37. The minimum absolute atomic E-state index is 0.0225. The van der Waals surface area contributed by atoms with Gasteiger partial charge in [-0.2, -0.15) is 0 Å². The number of para-hydroxylation sites is 1. The molecule has 0 radical (unpaired) electrons. The molecule has 0 amide bonds. The van der Waals surface area contributed by atoms with E-state index in [2.05, 4.69) is 24.1 Å². The standard InChI is InChI=1S/C27H26FN3O3S/c1-27(2)12-18-22(19(32)13-27)21(17-9-4-5-10-20(17)34-3)23-24(29-18)30-26(31-25(23)33)35-14-15-7-6-8-16(28)11-15/h4-11,21H,12-14H2,1-3H3,(H2,29,30,31,33). The number of benzene rings is 2. The Balaban J connectivity index is 1.61. The first kappa shape index (κ1) is 23.4. The Hall–Kier alpha value is -3.39. The number of rotatable bonds is 5. The summed E-state index contributed by atoms with van der Waals surface area (Å²) in [6.45, 7) is 4.13. The number of carbonyl (C=O) groups is 1. The van der Waals surface area contributed by atoms with E-state index in [1.165, 1.54) is 23.9 Å². The predicted molar refractivity (Wildman–Crippen MR) is 134 cm³/mol. The lowest BCUT2D eigenvalue weighted by molar-refractivity contribution is -0.118. The van der Waals surface area contributed by atoms with Gasteiger partial charge in [0.05, 0.1) is 18.6 Å². The van der Waals surface area contributed by atoms with Crippen molar-refractivity contribution in [3.63, 3.8) is 0 Å². The van der Waals surface area contributed by atoms with Gasteiger partial charge in [0.2, 0.25) is 0 Å². The summed E-state index contributed by atoms with van der Waals surface area (Å²) in [7, 11) is 1.58. The molecule has 0 saturated carbocycles. The average Bonchev–Trinajstić information content (AvgIpc) is 2.80. The lowest BCUT2D eigenvalue weighted by atomic mass is 9.69. The van der Waals surface area contributed by atoms with E-state index in [0.717, 1.165) is 16.8 Å². The van der Waals surface area contributed by atoms with Crippen molar-refractivity contribution in [2.45, 2.75) is 43.5 Å². The van der Waals surface area contributed by atoms with Crippen LogP contribution in [-0.4, -0.2) is 22.9 Å². The van der Waals surface area contributed by atoms with Crippen molar-refractivity contribution in [3.8, 4) is 5.75 Å². The Labute approximate surface area is 207 Å². The molecule has 6 nitrogen and oxygen atoms in total. The number of H-pyrrole nitrogens is 1. The van der Waals surface area contributed by atoms with Crippen LogP contribution in [0.5, 0.6) is 5.75 Å². The number of methoxy groups -OCH3 is 1. The molecule has 2 N–H and O–H groups in total. The summed E-state index contributed by atoms with van der Waals surface area (Å²) in [5, 5.41) is 3.75. The molecule has 1 aliphatic carbocycles. The number of ether oxygens (including phenoxy) is 1. The fourth-order valence-corrected chi connectivity index (χ4v) is 5.76. The fourth-order valence-electron chi connectivity index (χ4n) is 4.96. The van der Waals surface area contributed by atoms with E-state index >= 15 is 0 Å². The number of nitrogens with zero attached hydrogens (tertiary/aromatic N) is 1. The number of hydrogen-bond acceptors (Lipinski definition) is 6. The average molecular weight is 492 g/mol. The largest absolute Gasteiger partial charge is 0.496 e. The van der Waals surface area contributed by atoms with Crippen molar-refractivity contribution < 1.29 is 13.9 Å². The maximum atomic E-state index is 13.6. The van der Waals surface area contributed by atoms with E-state index < -0.39 is 5.92 Å². The van der Waals surface area contributed by atoms with Gasteiger partial charge < -0.3 is 15.0 Å². The molecule has 0 spiro atoms. The third-order valence-corrected chi connectivity index (χ3v) is 7.36. The summed E-state index contributed by atoms with van der Waals surface area (Å²) in [5.74, 6) is 0.637. The van der Waals surface area contributed by atoms with Crippen LogP contribution in [0.1, 0.15) is 49.3 Å². The molecule has 0 bridgehead atoms. The van der Waals surface area contributed by atoms with E-state index in [-0.39, 0.29) is 22.6 Å². The summed E-state index contributed by atoms with van der Waals surface area (Å²) in [6, 6.07) is 13.8. The highest BCUT2D eigenvalue weighted by Crippen LogP contribution is 2.49. The zero-order valence-electron chi connectivity index (χ0n) is 19.8. The third kappa shape index (κ3) is 4.50. The van der Waals surface area contributed by atoms with Crippen molar-refractivity contribution in [1.29, 1.82) is 0 Å². The molecule has 1 atom stereocenters. The topological polar surface area (TPSA) is 84.1 Å². The highest BCUT2D eigenvalue weighted by molar-refractivity contribution is 7.98.